The lowest BCUT2D eigenvalue weighted by Gasteiger charge is -2.37. The molecule has 2 heterocycles. The van der Waals surface area contributed by atoms with Crippen molar-refractivity contribution in [3.8, 4) is 0 Å². The number of benzene rings is 1. The minimum atomic E-state index is -0.883. The summed E-state index contributed by atoms with van der Waals surface area (Å²) in [5.41, 5.74) is 1.42. The predicted octanol–water partition coefficient (Wildman–Crippen LogP) is 2.41. The third-order valence-corrected chi connectivity index (χ3v) is 4.68. The number of aromatic nitrogens is 1. The normalized spacial score (nSPS) is 17.5. The van der Waals surface area contributed by atoms with Gasteiger partial charge in [0.2, 0.25) is 5.91 Å². The number of carbonyl (C=O) groups excluding carboxylic acids is 3. The molecule has 0 fully saturated rings. The summed E-state index contributed by atoms with van der Waals surface area (Å²) in [5, 5.41) is 2.94. The number of nitrogens with one attached hydrogen (secondary N) is 1. The van der Waals surface area contributed by atoms with Crippen molar-refractivity contribution in [2.24, 2.45) is 0 Å². The summed E-state index contributed by atoms with van der Waals surface area (Å²) in [7, 11) is 1.61. The Morgan fingerprint density at radius 2 is 1.76 bits per heavy atom. The van der Waals surface area contributed by atoms with E-state index in [2.05, 4.69) is 10.3 Å². The summed E-state index contributed by atoms with van der Waals surface area (Å²) in [6.07, 6.45) is 1.49. The molecule has 1 aromatic carbocycles. The second-order valence-electron chi connectivity index (χ2n) is 8.35. The van der Waals surface area contributed by atoms with Crippen molar-refractivity contribution < 1.29 is 14.4 Å². The summed E-state index contributed by atoms with van der Waals surface area (Å²) in [6, 6.07) is 9.70. The van der Waals surface area contributed by atoms with E-state index in [1.807, 2.05) is 52.0 Å². The van der Waals surface area contributed by atoms with Crippen LogP contribution in [0.5, 0.6) is 0 Å². The second-order valence-corrected chi connectivity index (χ2v) is 8.35. The van der Waals surface area contributed by atoms with Crippen LogP contribution < -0.4 is 10.2 Å². The molecule has 3 amide bonds. The van der Waals surface area contributed by atoms with Gasteiger partial charge in [-0.2, -0.15) is 0 Å². The molecule has 0 aliphatic carbocycles. The van der Waals surface area contributed by atoms with Gasteiger partial charge < -0.3 is 10.2 Å². The quantitative estimate of drug-likeness (QED) is 0.848. The van der Waals surface area contributed by atoms with E-state index < -0.39 is 17.5 Å². The first-order chi connectivity index (χ1) is 13.6. The number of anilines is 1. The van der Waals surface area contributed by atoms with Crippen molar-refractivity contribution in [3.05, 3.63) is 59.4 Å². The van der Waals surface area contributed by atoms with E-state index in [1.165, 1.54) is 16.0 Å². The number of hydrogen-bond acceptors (Lipinski definition) is 4. The van der Waals surface area contributed by atoms with E-state index in [-0.39, 0.29) is 29.6 Å². The Morgan fingerprint density at radius 3 is 2.38 bits per heavy atom. The fourth-order valence-electron chi connectivity index (χ4n) is 3.28. The van der Waals surface area contributed by atoms with Gasteiger partial charge in [0.05, 0.1) is 12.1 Å². The molecule has 1 aliphatic heterocycles. The van der Waals surface area contributed by atoms with Gasteiger partial charge >= 0.3 is 0 Å². The molecule has 1 unspecified atom stereocenters. The van der Waals surface area contributed by atoms with Crippen molar-refractivity contribution in [3.63, 3.8) is 0 Å². The van der Waals surface area contributed by atoms with E-state index in [0.29, 0.717) is 5.69 Å². The lowest BCUT2D eigenvalue weighted by molar-refractivity contribution is -0.124. The molecular formula is C22H26N4O3. The molecule has 29 heavy (non-hydrogen) atoms. The highest BCUT2D eigenvalue weighted by Crippen LogP contribution is 2.25. The van der Waals surface area contributed by atoms with Crippen LogP contribution in [0.1, 0.15) is 47.2 Å². The summed E-state index contributed by atoms with van der Waals surface area (Å²) >= 11 is 0. The molecular weight excluding hydrogens is 368 g/mol. The van der Waals surface area contributed by atoms with E-state index in [9.17, 15) is 14.4 Å². The molecule has 152 valence electrons. The molecule has 7 heteroatoms. The SMILES string of the molecule is Cc1ccc(N2C(=O)c3cccnc3C(=O)N(C)CC2C(=O)NC(C)(C)C)cc1. The molecule has 0 saturated carbocycles. The number of fused-ring (bicyclic) bond motifs is 1. The largest absolute Gasteiger partial charge is 0.350 e. The van der Waals surface area contributed by atoms with Gasteiger partial charge in [-0.25, -0.2) is 0 Å². The van der Waals surface area contributed by atoms with E-state index in [1.54, 1.807) is 19.2 Å². The number of pyridine rings is 1. The average Bonchev–Trinajstić information content (AvgIpc) is 2.66. The van der Waals surface area contributed by atoms with Gasteiger partial charge in [0.15, 0.2) is 0 Å². The first kappa shape index (κ1) is 20.5. The maximum absolute atomic E-state index is 13.5. The summed E-state index contributed by atoms with van der Waals surface area (Å²) in [4.78, 5) is 46.6. The summed E-state index contributed by atoms with van der Waals surface area (Å²) in [5.74, 6) is -1.13. The first-order valence-corrected chi connectivity index (χ1v) is 9.51. The van der Waals surface area contributed by atoms with Crippen LogP contribution >= 0.6 is 0 Å². The first-order valence-electron chi connectivity index (χ1n) is 9.51. The number of aryl methyl sites for hydroxylation is 1. The highest BCUT2D eigenvalue weighted by molar-refractivity contribution is 6.15. The van der Waals surface area contributed by atoms with Gasteiger partial charge in [0, 0.05) is 24.5 Å². The van der Waals surface area contributed by atoms with Crippen molar-refractivity contribution >= 4 is 23.4 Å². The van der Waals surface area contributed by atoms with E-state index in [0.717, 1.165) is 5.56 Å². The zero-order chi connectivity index (χ0) is 21.3. The lowest BCUT2D eigenvalue weighted by Crippen LogP contribution is -2.59. The third kappa shape index (κ3) is 4.29. The topological polar surface area (TPSA) is 82.6 Å². The van der Waals surface area contributed by atoms with Crippen LogP contribution in [0.15, 0.2) is 42.6 Å². The third-order valence-electron chi connectivity index (χ3n) is 4.68. The Balaban J connectivity index is 2.17. The van der Waals surface area contributed by atoms with Crippen molar-refractivity contribution in [2.45, 2.75) is 39.3 Å². The lowest BCUT2D eigenvalue weighted by atomic mass is 10.0. The Bertz CT molecular complexity index is 947. The number of carbonyl (C=O) groups is 3. The molecule has 0 saturated heterocycles. The van der Waals surface area contributed by atoms with Gasteiger partial charge in [0.25, 0.3) is 11.8 Å². The van der Waals surface area contributed by atoms with Gasteiger partial charge in [-0.1, -0.05) is 17.7 Å². The highest BCUT2D eigenvalue weighted by atomic mass is 16.2. The molecule has 0 bridgehead atoms. The van der Waals surface area contributed by atoms with Gasteiger partial charge in [-0.3, -0.25) is 24.3 Å². The second kappa shape index (κ2) is 7.66. The Kier molecular flexibility index (Phi) is 5.42. The minimum absolute atomic E-state index is 0.0520. The van der Waals surface area contributed by atoms with Crippen molar-refractivity contribution in [1.82, 2.24) is 15.2 Å². The monoisotopic (exact) mass is 394 g/mol. The number of nitrogens with zero attached hydrogens (tertiary/aromatic N) is 3. The van der Waals surface area contributed by atoms with Crippen molar-refractivity contribution in [2.75, 3.05) is 18.5 Å². The molecule has 0 spiro atoms. The summed E-state index contributed by atoms with van der Waals surface area (Å²) in [6.45, 7) is 7.63. The standard InChI is InChI=1S/C22H26N4O3/c1-14-8-10-15(11-9-14)26-17(19(27)24-22(2,3)4)13-25(5)21(29)18-16(20(26)28)7-6-12-23-18/h6-12,17H,13H2,1-5H3,(H,24,27). The molecule has 1 N–H and O–H groups in total. The average molecular weight is 394 g/mol. The van der Waals surface area contributed by atoms with Crippen LogP contribution in [0.25, 0.3) is 0 Å². The fourth-order valence-corrected chi connectivity index (χ4v) is 3.28. The smallest absolute Gasteiger partial charge is 0.273 e. The highest BCUT2D eigenvalue weighted by Gasteiger charge is 2.39. The number of hydrogen-bond donors (Lipinski definition) is 1. The number of likely N-dealkylation sites (N-methyl/N-ethyl adjacent to an activating group) is 1. The van der Waals surface area contributed by atoms with Crippen LogP contribution in [0.4, 0.5) is 5.69 Å². The molecule has 0 radical (unpaired) electrons. The maximum Gasteiger partial charge on any atom is 0.273 e. The fraction of sp³-hybridized carbons (Fsp3) is 0.364. The maximum atomic E-state index is 13.5. The van der Waals surface area contributed by atoms with Crippen LogP contribution in [-0.4, -0.2) is 52.8 Å². The number of rotatable bonds is 2. The Morgan fingerprint density at radius 1 is 1.10 bits per heavy atom. The van der Waals surface area contributed by atoms with Crippen LogP contribution in [-0.2, 0) is 4.79 Å². The Labute approximate surface area is 170 Å². The van der Waals surface area contributed by atoms with Crippen molar-refractivity contribution in [1.29, 1.82) is 0 Å². The minimum Gasteiger partial charge on any atom is -0.350 e. The van der Waals surface area contributed by atoms with E-state index >= 15 is 0 Å². The molecule has 1 aliphatic rings. The molecule has 3 rings (SSSR count). The molecule has 1 atom stereocenters. The predicted molar refractivity (Wildman–Crippen MR) is 111 cm³/mol. The zero-order valence-electron chi connectivity index (χ0n) is 17.4. The zero-order valence-corrected chi connectivity index (χ0v) is 17.4. The molecule has 7 nitrogen and oxygen atoms in total. The van der Waals surface area contributed by atoms with Crippen LogP contribution in [0.3, 0.4) is 0 Å². The Hall–Kier alpha value is -3.22. The van der Waals surface area contributed by atoms with Crippen LogP contribution in [0.2, 0.25) is 0 Å². The molecule has 1 aromatic heterocycles. The van der Waals surface area contributed by atoms with Gasteiger partial charge in [-0.15, -0.1) is 0 Å². The van der Waals surface area contributed by atoms with Crippen LogP contribution in [0, 0.1) is 6.92 Å². The molecule has 2 aromatic rings. The van der Waals surface area contributed by atoms with Gasteiger partial charge in [0.1, 0.15) is 11.7 Å². The van der Waals surface area contributed by atoms with E-state index in [4.69, 9.17) is 0 Å². The number of amides is 3. The summed E-state index contributed by atoms with van der Waals surface area (Å²) < 4.78 is 0. The van der Waals surface area contributed by atoms with Gasteiger partial charge in [-0.05, 0) is 52.0 Å².